The predicted octanol–water partition coefficient (Wildman–Crippen LogP) is 4.08. The van der Waals surface area contributed by atoms with E-state index in [4.69, 9.17) is 11.0 Å². The summed E-state index contributed by atoms with van der Waals surface area (Å²) >= 11 is 1.42. The van der Waals surface area contributed by atoms with Gasteiger partial charge in [-0.15, -0.1) is 11.3 Å². The van der Waals surface area contributed by atoms with E-state index in [0.29, 0.717) is 17.0 Å². The number of aromatic nitrogens is 1. The van der Waals surface area contributed by atoms with Gasteiger partial charge in [0.05, 0.1) is 5.56 Å². The number of aldehydes is 1. The molecule has 0 amide bonds. The lowest BCUT2D eigenvalue weighted by Crippen LogP contribution is -1.83. The molecular weight excluding hydrogens is 318 g/mol. The van der Waals surface area contributed by atoms with Gasteiger partial charge in [0.1, 0.15) is 17.4 Å². The van der Waals surface area contributed by atoms with Gasteiger partial charge in [-0.25, -0.2) is 0 Å². The largest absolute Gasteiger partial charge is 0.389 e. The number of thiophene rings is 1. The van der Waals surface area contributed by atoms with Gasteiger partial charge in [0.25, 0.3) is 0 Å². The Hall–Kier alpha value is -2.97. The van der Waals surface area contributed by atoms with Crippen LogP contribution < -0.4 is 5.73 Å². The van der Waals surface area contributed by atoms with Crippen LogP contribution in [0.2, 0.25) is 0 Å². The number of pyridine rings is 1. The van der Waals surface area contributed by atoms with Crippen LogP contribution in [-0.2, 0) is 11.2 Å². The molecule has 0 saturated carbocycles. The molecule has 4 nitrogen and oxygen atoms in total. The first-order valence-electron chi connectivity index (χ1n) is 7.42. The first-order valence-corrected chi connectivity index (χ1v) is 8.23. The first-order chi connectivity index (χ1) is 11.7. The Labute approximate surface area is 145 Å². The molecule has 1 aromatic carbocycles. The fourth-order valence-corrected chi connectivity index (χ4v) is 2.90. The van der Waals surface area contributed by atoms with E-state index in [1.54, 1.807) is 18.5 Å². The Morgan fingerprint density at radius 2 is 1.88 bits per heavy atom. The fourth-order valence-electron chi connectivity index (χ4n) is 2.02. The van der Waals surface area contributed by atoms with Crippen LogP contribution in [0.4, 0.5) is 5.00 Å². The fraction of sp³-hybridized carbons (Fsp3) is 0.105. The molecule has 2 N–H and O–H groups in total. The minimum absolute atomic E-state index is 0.543. The minimum atomic E-state index is 0.543. The lowest BCUT2D eigenvalue weighted by atomic mass is 10.1. The first kappa shape index (κ1) is 17.4. The van der Waals surface area contributed by atoms with Gasteiger partial charge >= 0.3 is 0 Å². The molecule has 120 valence electrons. The molecule has 24 heavy (non-hydrogen) atoms. The molecule has 0 spiro atoms. The minimum Gasteiger partial charge on any atom is -0.389 e. The summed E-state index contributed by atoms with van der Waals surface area (Å²) in [6.07, 6.45) is 5.88. The lowest BCUT2D eigenvalue weighted by Gasteiger charge is -1.93. The van der Waals surface area contributed by atoms with Crippen LogP contribution in [0.15, 0.2) is 60.9 Å². The van der Waals surface area contributed by atoms with Gasteiger partial charge in [-0.3, -0.25) is 4.98 Å². The molecule has 2 aromatic heterocycles. The van der Waals surface area contributed by atoms with Crippen molar-refractivity contribution in [3.05, 3.63) is 72.1 Å². The monoisotopic (exact) mass is 335 g/mol. The van der Waals surface area contributed by atoms with Gasteiger partial charge in [-0.1, -0.05) is 30.3 Å². The zero-order valence-electron chi connectivity index (χ0n) is 13.1. The molecular formula is C19H17N3OS. The Bertz CT molecular complexity index is 808. The van der Waals surface area contributed by atoms with Crippen LogP contribution in [0.1, 0.15) is 17.5 Å². The summed E-state index contributed by atoms with van der Waals surface area (Å²) in [4.78, 5) is 14.9. The van der Waals surface area contributed by atoms with E-state index >= 15 is 0 Å². The number of nitrogen functional groups attached to an aromatic ring is 1. The highest BCUT2D eigenvalue weighted by Crippen LogP contribution is 2.32. The number of anilines is 1. The second kappa shape index (κ2) is 9.23. The number of benzene rings is 1. The van der Waals surface area contributed by atoms with Crippen molar-refractivity contribution >= 4 is 22.6 Å². The van der Waals surface area contributed by atoms with Gasteiger partial charge in [0.2, 0.25) is 0 Å². The quantitative estimate of drug-likeness (QED) is 0.728. The third kappa shape index (κ3) is 5.04. The van der Waals surface area contributed by atoms with E-state index in [2.05, 4.69) is 11.1 Å². The molecule has 0 aliphatic rings. The zero-order valence-corrected chi connectivity index (χ0v) is 13.9. The average molecular weight is 335 g/mol. The third-order valence-electron chi connectivity index (χ3n) is 3.24. The summed E-state index contributed by atoms with van der Waals surface area (Å²) in [5.41, 5.74) is 8.48. The maximum absolute atomic E-state index is 9.98. The van der Waals surface area contributed by atoms with Crippen molar-refractivity contribution in [3.63, 3.8) is 0 Å². The summed E-state index contributed by atoms with van der Waals surface area (Å²) in [6.45, 7) is 0. The normalized spacial score (nSPS) is 9.46. The highest BCUT2D eigenvalue weighted by Gasteiger charge is 2.06. The molecule has 2 heterocycles. The molecule has 3 aromatic rings. The van der Waals surface area contributed by atoms with Gasteiger partial charge in [0, 0.05) is 23.7 Å². The van der Waals surface area contributed by atoms with E-state index in [1.165, 1.54) is 16.9 Å². The van der Waals surface area contributed by atoms with Gasteiger partial charge in [0.15, 0.2) is 0 Å². The van der Waals surface area contributed by atoms with E-state index in [0.717, 1.165) is 23.1 Å². The average Bonchev–Trinajstić information content (AvgIpc) is 3.03. The standard InChI is InChI=1S/C10H7N3S.C9H10O/c11-6-8-5-9(14-10(8)12)7-1-3-13-4-2-7;10-8-4-7-9-5-2-1-3-6-9/h1-5H,12H2;1-3,5-6,8H,4,7H2. The molecule has 0 fully saturated rings. The molecule has 3 rings (SSSR count). The molecule has 0 radical (unpaired) electrons. The van der Waals surface area contributed by atoms with Crippen molar-refractivity contribution < 1.29 is 4.79 Å². The van der Waals surface area contributed by atoms with Crippen molar-refractivity contribution in [2.24, 2.45) is 0 Å². The SMILES string of the molecule is N#Cc1cc(-c2ccncc2)sc1N.O=CCCc1ccccc1. The van der Waals surface area contributed by atoms with Crippen molar-refractivity contribution in [3.8, 4) is 16.5 Å². The molecule has 0 unspecified atom stereocenters. The van der Waals surface area contributed by atoms with Crippen molar-refractivity contribution in [2.75, 3.05) is 5.73 Å². The molecule has 0 bridgehead atoms. The highest BCUT2D eigenvalue weighted by atomic mass is 32.1. The third-order valence-corrected chi connectivity index (χ3v) is 4.25. The number of aryl methyl sites for hydroxylation is 1. The maximum Gasteiger partial charge on any atom is 0.120 e. The number of rotatable bonds is 4. The van der Waals surface area contributed by atoms with Crippen LogP contribution in [0, 0.1) is 11.3 Å². The van der Waals surface area contributed by atoms with Crippen LogP contribution >= 0.6 is 11.3 Å². The molecule has 0 aliphatic heterocycles. The van der Waals surface area contributed by atoms with Gasteiger partial charge < -0.3 is 10.5 Å². The number of carbonyl (C=O) groups excluding carboxylic acids is 1. The number of nitrogens with two attached hydrogens (primary N) is 1. The predicted molar refractivity (Wildman–Crippen MR) is 97.5 cm³/mol. The second-order valence-corrected chi connectivity index (χ2v) is 6.01. The summed E-state index contributed by atoms with van der Waals surface area (Å²) < 4.78 is 0. The van der Waals surface area contributed by atoms with Gasteiger partial charge in [-0.05, 0) is 35.7 Å². The zero-order chi connectivity index (χ0) is 17.2. The smallest absolute Gasteiger partial charge is 0.120 e. The molecule has 0 saturated heterocycles. The highest BCUT2D eigenvalue weighted by molar-refractivity contribution is 7.19. The van der Waals surface area contributed by atoms with E-state index in [1.807, 2.05) is 42.5 Å². The lowest BCUT2D eigenvalue weighted by molar-refractivity contribution is -0.107. The number of nitrogens with zero attached hydrogens (tertiary/aromatic N) is 2. The number of carbonyl (C=O) groups is 1. The summed E-state index contributed by atoms with van der Waals surface area (Å²) in [7, 11) is 0. The molecule has 5 heteroatoms. The Morgan fingerprint density at radius 1 is 1.17 bits per heavy atom. The Kier molecular flexibility index (Phi) is 6.69. The summed E-state index contributed by atoms with van der Waals surface area (Å²) in [5, 5.41) is 9.31. The van der Waals surface area contributed by atoms with E-state index in [9.17, 15) is 4.79 Å². The van der Waals surface area contributed by atoms with Crippen molar-refractivity contribution in [1.29, 1.82) is 5.26 Å². The van der Waals surface area contributed by atoms with Crippen molar-refractivity contribution in [1.82, 2.24) is 4.98 Å². The van der Waals surface area contributed by atoms with Crippen LogP contribution in [0.25, 0.3) is 10.4 Å². The number of nitriles is 1. The van der Waals surface area contributed by atoms with Crippen LogP contribution in [0.5, 0.6) is 0 Å². The Balaban J connectivity index is 0.000000185. The number of hydrogen-bond donors (Lipinski definition) is 1. The topological polar surface area (TPSA) is 79.8 Å². The molecule has 0 atom stereocenters. The van der Waals surface area contributed by atoms with E-state index < -0.39 is 0 Å². The van der Waals surface area contributed by atoms with E-state index in [-0.39, 0.29) is 0 Å². The summed E-state index contributed by atoms with van der Waals surface area (Å²) in [6, 6.07) is 17.7. The maximum atomic E-state index is 9.98. The molecule has 0 aliphatic carbocycles. The second-order valence-electron chi connectivity index (χ2n) is 4.93. The van der Waals surface area contributed by atoms with Crippen LogP contribution in [-0.4, -0.2) is 11.3 Å². The van der Waals surface area contributed by atoms with Crippen LogP contribution in [0.3, 0.4) is 0 Å². The summed E-state index contributed by atoms with van der Waals surface area (Å²) in [5.74, 6) is 0. The number of hydrogen-bond acceptors (Lipinski definition) is 5. The van der Waals surface area contributed by atoms with Gasteiger partial charge in [-0.2, -0.15) is 5.26 Å². The Morgan fingerprint density at radius 3 is 2.46 bits per heavy atom. The van der Waals surface area contributed by atoms with Crippen molar-refractivity contribution in [2.45, 2.75) is 12.8 Å².